The molecule has 0 aliphatic carbocycles. The largest absolute Gasteiger partial charge is 0.442 e. The molecule has 6 heteroatoms. The number of carbonyl (C=O) groups is 1. The normalized spacial score (nSPS) is 26.8. The van der Waals surface area contributed by atoms with Gasteiger partial charge in [0.25, 0.3) is 0 Å². The van der Waals surface area contributed by atoms with E-state index >= 15 is 0 Å². The highest BCUT2D eigenvalue weighted by atomic mass is 19.2. The number of nitrogens with zero attached hydrogens (tertiary/aromatic N) is 2. The molecular formula is C14H17FN2O3. The summed E-state index contributed by atoms with van der Waals surface area (Å²) in [6.45, 7) is 4.54. The van der Waals surface area contributed by atoms with Crippen LogP contribution in [0.3, 0.4) is 0 Å². The summed E-state index contributed by atoms with van der Waals surface area (Å²) in [6, 6.07) is 6.87. The molecule has 2 aliphatic rings. The molecule has 2 aliphatic heterocycles. The lowest BCUT2D eigenvalue weighted by molar-refractivity contribution is 0.0443. The van der Waals surface area contributed by atoms with Crippen LogP contribution in [0.1, 0.15) is 18.5 Å². The van der Waals surface area contributed by atoms with Crippen molar-refractivity contribution in [3.63, 3.8) is 0 Å². The summed E-state index contributed by atoms with van der Waals surface area (Å²) in [5.41, 5.74) is 1.71. The summed E-state index contributed by atoms with van der Waals surface area (Å²) in [5.74, 6) is 0. The molecule has 2 fully saturated rings. The van der Waals surface area contributed by atoms with E-state index in [2.05, 4.69) is 4.90 Å². The van der Waals surface area contributed by atoms with Crippen LogP contribution in [0.4, 0.5) is 15.0 Å². The van der Waals surface area contributed by atoms with Gasteiger partial charge in [0.1, 0.15) is 12.1 Å². The third-order valence-corrected chi connectivity index (χ3v) is 3.76. The second kappa shape index (κ2) is 5.28. The molecule has 1 aromatic rings. The van der Waals surface area contributed by atoms with Gasteiger partial charge in [0, 0.05) is 24.3 Å². The fraction of sp³-hybridized carbons (Fsp3) is 0.500. The number of halogens is 1. The van der Waals surface area contributed by atoms with Crippen molar-refractivity contribution >= 4 is 11.8 Å². The van der Waals surface area contributed by atoms with E-state index in [0.29, 0.717) is 13.2 Å². The maximum Gasteiger partial charge on any atom is 0.439 e. The van der Waals surface area contributed by atoms with Gasteiger partial charge in [-0.25, -0.2) is 4.79 Å². The Morgan fingerprint density at radius 1 is 1.25 bits per heavy atom. The zero-order valence-corrected chi connectivity index (χ0v) is 11.3. The molecule has 5 nitrogen and oxygen atoms in total. The molecule has 2 heterocycles. The van der Waals surface area contributed by atoms with E-state index in [9.17, 15) is 9.28 Å². The van der Waals surface area contributed by atoms with E-state index in [1.54, 1.807) is 6.92 Å². The van der Waals surface area contributed by atoms with Gasteiger partial charge in [0.2, 0.25) is 0 Å². The lowest BCUT2D eigenvalue weighted by Crippen LogP contribution is -2.37. The smallest absolute Gasteiger partial charge is 0.439 e. The first-order valence-electron chi connectivity index (χ1n) is 6.75. The van der Waals surface area contributed by atoms with Crippen molar-refractivity contribution in [3.05, 3.63) is 29.8 Å². The first kappa shape index (κ1) is 13.2. The number of para-hydroxylation sites is 1. The van der Waals surface area contributed by atoms with Crippen molar-refractivity contribution in [2.24, 2.45) is 0 Å². The molecule has 0 aromatic heterocycles. The molecular weight excluding hydrogens is 263 g/mol. The minimum absolute atomic E-state index is 0.184. The SMILES string of the molecule is C[C@H]1OC(=O)N(F)C1c1ccccc1N1CCOCC1. The first-order chi connectivity index (χ1) is 9.68. The van der Waals surface area contributed by atoms with Crippen LogP contribution in [0.2, 0.25) is 0 Å². The van der Waals surface area contributed by atoms with Gasteiger partial charge in [-0.15, -0.1) is 5.12 Å². The number of benzene rings is 1. The van der Waals surface area contributed by atoms with Crippen LogP contribution in [0.5, 0.6) is 0 Å². The lowest BCUT2D eigenvalue weighted by Gasteiger charge is -2.32. The summed E-state index contributed by atoms with van der Waals surface area (Å²) in [4.78, 5) is 13.5. The van der Waals surface area contributed by atoms with E-state index in [4.69, 9.17) is 9.47 Å². The number of cyclic esters (lactones) is 1. The van der Waals surface area contributed by atoms with Crippen LogP contribution in [0.15, 0.2) is 24.3 Å². The molecule has 1 unspecified atom stereocenters. The van der Waals surface area contributed by atoms with Crippen molar-refractivity contribution in [2.45, 2.75) is 19.1 Å². The Morgan fingerprint density at radius 2 is 1.95 bits per heavy atom. The van der Waals surface area contributed by atoms with Gasteiger partial charge in [0.05, 0.1) is 13.2 Å². The van der Waals surface area contributed by atoms with E-state index in [1.807, 2.05) is 24.3 Å². The fourth-order valence-electron chi connectivity index (χ4n) is 2.78. The predicted octanol–water partition coefficient (Wildman–Crippen LogP) is 2.29. The van der Waals surface area contributed by atoms with Gasteiger partial charge in [-0.2, -0.15) is 0 Å². The summed E-state index contributed by atoms with van der Waals surface area (Å²) in [7, 11) is 0. The topological polar surface area (TPSA) is 42.0 Å². The maximum absolute atomic E-state index is 14.0. The van der Waals surface area contributed by atoms with Gasteiger partial charge in [0.15, 0.2) is 0 Å². The third kappa shape index (κ3) is 2.20. The van der Waals surface area contributed by atoms with E-state index in [1.165, 1.54) is 0 Å². The zero-order chi connectivity index (χ0) is 14.1. The fourth-order valence-corrected chi connectivity index (χ4v) is 2.78. The average Bonchev–Trinajstić information content (AvgIpc) is 2.73. The molecule has 20 heavy (non-hydrogen) atoms. The highest BCUT2D eigenvalue weighted by molar-refractivity contribution is 5.71. The zero-order valence-electron chi connectivity index (χ0n) is 11.3. The molecule has 1 aromatic carbocycles. The van der Waals surface area contributed by atoms with Gasteiger partial charge >= 0.3 is 6.09 Å². The summed E-state index contributed by atoms with van der Waals surface area (Å²) < 4.78 is 24.3. The van der Waals surface area contributed by atoms with Crippen LogP contribution in [0.25, 0.3) is 0 Å². The van der Waals surface area contributed by atoms with Crippen molar-refractivity contribution < 1.29 is 18.7 Å². The Bertz CT molecular complexity index is 505. The van der Waals surface area contributed by atoms with Gasteiger partial charge < -0.3 is 14.4 Å². The molecule has 2 saturated heterocycles. The summed E-state index contributed by atoms with van der Waals surface area (Å²) in [6.07, 6.45) is -1.42. The maximum atomic E-state index is 14.0. The number of anilines is 1. The monoisotopic (exact) mass is 280 g/mol. The second-order valence-corrected chi connectivity index (χ2v) is 5.00. The van der Waals surface area contributed by atoms with Gasteiger partial charge in [-0.3, -0.25) is 0 Å². The van der Waals surface area contributed by atoms with Gasteiger partial charge in [-0.1, -0.05) is 22.7 Å². The Balaban J connectivity index is 1.95. The summed E-state index contributed by atoms with van der Waals surface area (Å²) in [5, 5.41) is 0.184. The molecule has 3 rings (SSSR count). The molecule has 0 radical (unpaired) electrons. The third-order valence-electron chi connectivity index (χ3n) is 3.76. The average molecular weight is 280 g/mol. The van der Waals surface area contributed by atoms with E-state index in [0.717, 1.165) is 24.3 Å². The predicted molar refractivity (Wildman–Crippen MR) is 71.1 cm³/mol. The number of hydrogen-bond donors (Lipinski definition) is 0. The molecule has 0 saturated carbocycles. The van der Waals surface area contributed by atoms with Crippen LogP contribution >= 0.6 is 0 Å². The molecule has 0 spiro atoms. The number of carbonyl (C=O) groups excluding carboxylic acids is 1. The van der Waals surface area contributed by atoms with Crippen LogP contribution in [-0.4, -0.2) is 43.6 Å². The Labute approximate surface area is 116 Å². The van der Waals surface area contributed by atoms with E-state index in [-0.39, 0.29) is 5.12 Å². The van der Waals surface area contributed by atoms with Crippen molar-refractivity contribution in [1.29, 1.82) is 0 Å². The van der Waals surface area contributed by atoms with Crippen molar-refractivity contribution in [2.75, 3.05) is 31.2 Å². The standard InChI is InChI=1S/C14H17FN2O3/c1-10-13(17(15)14(18)20-10)11-4-2-3-5-12(11)16-6-8-19-9-7-16/h2-5,10,13H,6-9H2,1H3/t10-,13?/m1/s1. The number of amides is 1. The highest BCUT2D eigenvalue weighted by Gasteiger charge is 2.42. The molecule has 2 atom stereocenters. The van der Waals surface area contributed by atoms with Gasteiger partial charge in [-0.05, 0) is 13.0 Å². The Hall–Kier alpha value is -1.82. The minimum atomic E-state index is -0.917. The number of ether oxygens (including phenoxy) is 2. The molecule has 0 N–H and O–H groups in total. The van der Waals surface area contributed by atoms with Crippen LogP contribution in [0, 0.1) is 0 Å². The minimum Gasteiger partial charge on any atom is -0.442 e. The molecule has 108 valence electrons. The Kier molecular flexibility index (Phi) is 3.48. The highest BCUT2D eigenvalue weighted by Crippen LogP contribution is 2.38. The van der Waals surface area contributed by atoms with Crippen LogP contribution < -0.4 is 4.90 Å². The second-order valence-electron chi connectivity index (χ2n) is 5.00. The van der Waals surface area contributed by atoms with Crippen LogP contribution in [-0.2, 0) is 9.47 Å². The molecule has 0 bridgehead atoms. The quantitative estimate of drug-likeness (QED) is 0.779. The number of hydrogen-bond acceptors (Lipinski definition) is 4. The van der Waals surface area contributed by atoms with Crippen molar-refractivity contribution in [3.8, 4) is 0 Å². The lowest BCUT2D eigenvalue weighted by atomic mass is 10.00. The van der Waals surface area contributed by atoms with Crippen molar-refractivity contribution in [1.82, 2.24) is 5.12 Å². The molecule has 1 amide bonds. The first-order valence-corrected chi connectivity index (χ1v) is 6.75. The Morgan fingerprint density at radius 3 is 2.60 bits per heavy atom. The number of morpholine rings is 1. The summed E-state index contributed by atoms with van der Waals surface area (Å²) >= 11 is 0. The van der Waals surface area contributed by atoms with E-state index < -0.39 is 18.2 Å². The number of rotatable bonds is 2.